The van der Waals surface area contributed by atoms with Crippen LogP contribution in [0.5, 0.6) is 0 Å². The van der Waals surface area contributed by atoms with E-state index >= 15 is 0 Å². The molecule has 0 spiro atoms. The molecule has 4 heteroatoms. The second kappa shape index (κ2) is 6.48. The highest BCUT2D eigenvalue weighted by Gasteiger charge is 2.11. The molecular formula is C15H20FN3. The number of hydrogen-bond acceptors (Lipinski definition) is 2. The van der Waals surface area contributed by atoms with Crippen LogP contribution in [0, 0.1) is 5.82 Å². The summed E-state index contributed by atoms with van der Waals surface area (Å²) in [7, 11) is 0. The van der Waals surface area contributed by atoms with Crippen LogP contribution in [-0.4, -0.2) is 16.1 Å². The zero-order valence-corrected chi connectivity index (χ0v) is 11.4. The first-order valence-electron chi connectivity index (χ1n) is 6.69. The summed E-state index contributed by atoms with van der Waals surface area (Å²) in [6.07, 6.45) is 4.82. The Morgan fingerprint density at radius 3 is 2.74 bits per heavy atom. The number of nitrogens with one attached hydrogen (secondary N) is 1. The Kier molecular flexibility index (Phi) is 4.68. The van der Waals surface area contributed by atoms with E-state index in [0.717, 1.165) is 30.8 Å². The van der Waals surface area contributed by atoms with E-state index in [4.69, 9.17) is 0 Å². The van der Waals surface area contributed by atoms with E-state index < -0.39 is 0 Å². The maximum Gasteiger partial charge on any atom is 0.123 e. The molecule has 1 aromatic carbocycles. The Labute approximate surface area is 113 Å². The molecule has 0 fully saturated rings. The summed E-state index contributed by atoms with van der Waals surface area (Å²) >= 11 is 0. The van der Waals surface area contributed by atoms with Gasteiger partial charge in [0.05, 0.1) is 18.1 Å². The smallest absolute Gasteiger partial charge is 0.123 e. The van der Waals surface area contributed by atoms with Crippen molar-refractivity contribution in [2.24, 2.45) is 0 Å². The molecule has 0 bridgehead atoms. The standard InChI is InChI=1S/C15H20FN3/c1-3-8-17-9-15-10-18-11-19(15)12(2)13-4-6-14(16)7-5-13/h4-7,10-12,17H,3,8-9H2,1-2H3. The monoisotopic (exact) mass is 261 g/mol. The lowest BCUT2D eigenvalue weighted by Crippen LogP contribution is -2.18. The molecule has 1 N–H and O–H groups in total. The van der Waals surface area contributed by atoms with Crippen molar-refractivity contribution in [2.75, 3.05) is 6.54 Å². The largest absolute Gasteiger partial charge is 0.326 e. The number of imidazole rings is 1. The SMILES string of the molecule is CCCNCc1cncn1C(C)c1ccc(F)cc1. The van der Waals surface area contributed by atoms with E-state index in [1.165, 1.54) is 12.1 Å². The first kappa shape index (κ1) is 13.7. The Balaban J connectivity index is 2.12. The Bertz CT molecular complexity index is 504. The van der Waals surface area contributed by atoms with Crippen LogP contribution in [0.2, 0.25) is 0 Å². The first-order chi connectivity index (χ1) is 9.22. The van der Waals surface area contributed by atoms with Crippen molar-refractivity contribution in [2.45, 2.75) is 32.9 Å². The van der Waals surface area contributed by atoms with Gasteiger partial charge in [-0.25, -0.2) is 9.37 Å². The minimum absolute atomic E-state index is 0.154. The fourth-order valence-corrected chi connectivity index (χ4v) is 2.11. The van der Waals surface area contributed by atoms with Crippen molar-refractivity contribution in [1.29, 1.82) is 0 Å². The van der Waals surface area contributed by atoms with Gasteiger partial charge in [-0.3, -0.25) is 0 Å². The van der Waals surface area contributed by atoms with Gasteiger partial charge in [-0.05, 0) is 37.6 Å². The van der Waals surface area contributed by atoms with Gasteiger partial charge in [0.15, 0.2) is 0 Å². The fourth-order valence-electron chi connectivity index (χ4n) is 2.11. The zero-order valence-electron chi connectivity index (χ0n) is 11.4. The van der Waals surface area contributed by atoms with Gasteiger partial charge in [0.25, 0.3) is 0 Å². The molecule has 0 radical (unpaired) electrons. The predicted octanol–water partition coefficient (Wildman–Crippen LogP) is 3.13. The number of rotatable bonds is 6. The highest BCUT2D eigenvalue weighted by molar-refractivity contribution is 5.21. The number of hydrogen-bond donors (Lipinski definition) is 1. The molecule has 0 aliphatic carbocycles. The van der Waals surface area contributed by atoms with E-state index in [2.05, 4.69) is 28.7 Å². The van der Waals surface area contributed by atoms with Crippen molar-refractivity contribution in [3.05, 3.63) is 53.9 Å². The quantitative estimate of drug-likeness (QED) is 0.810. The van der Waals surface area contributed by atoms with Crippen LogP contribution in [0.15, 0.2) is 36.8 Å². The van der Waals surface area contributed by atoms with Crippen molar-refractivity contribution in [3.63, 3.8) is 0 Å². The van der Waals surface area contributed by atoms with Crippen molar-refractivity contribution in [3.8, 4) is 0 Å². The van der Waals surface area contributed by atoms with E-state index in [9.17, 15) is 4.39 Å². The predicted molar refractivity (Wildman–Crippen MR) is 74.4 cm³/mol. The molecule has 0 aliphatic rings. The normalized spacial score (nSPS) is 12.6. The van der Waals surface area contributed by atoms with Gasteiger partial charge in [-0.1, -0.05) is 19.1 Å². The minimum atomic E-state index is -0.202. The molecule has 0 saturated heterocycles. The van der Waals surface area contributed by atoms with E-state index in [1.807, 2.05) is 24.7 Å². The van der Waals surface area contributed by atoms with E-state index in [1.54, 1.807) is 0 Å². The summed E-state index contributed by atoms with van der Waals surface area (Å²) < 4.78 is 15.1. The highest BCUT2D eigenvalue weighted by Crippen LogP contribution is 2.19. The number of benzene rings is 1. The Hall–Kier alpha value is -1.68. The van der Waals surface area contributed by atoms with Gasteiger partial charge in [-0.2, -0.15) is 0 Å². The van der Waals surface area contributed by atoms with Gasteiger partial charge in [0, 0.05) is 12.7 Å². The van der Waals surface area contributed by atoms with Crippen LogP contribution >= 0.6 is 0 Å². The lowest BCUT2D eigenvalue weighted by molar-refractivity contribution is 0.571. The van der Waals surface area contributed by atoms with Crippen LogP contribution < -0.4 is 5.32 Å². The van der Waals surface area contributed by atoms with Crippen LogP contribution in [0.1, 0.15) is 37.6 Å². The molecule has 0 aliphatic heterocycles. The fraction of sp³-hybridized carbons (Fsp3) is 0.400. The molecule has 1 atom stereocenters. The maximum absolute atomic E-state index is 12.9. The van der Waals surface area contributed by atoms with Crippen molar-refractivity contribution < 1.29 is 4.39 Å². The molecule has 0 amide bonds. The summed E-state index contributed by atoms with van der Waals surface area (Å²) in [5.74, 6) is -0.202. The summed E-state index contributed by atoms with van der Waals surface area (Å²) in [6.45, 7) is 6.04. The third-order valence-electron chi connectivity index (χ3n) is 3.25. The van der Waals surface area contributed by atoms with Gasteiger partial charge >= 0.3 is 0 Å². The van der Waals surface area contributed by atoms with Crippen LogP contribution in [0.4, 0.5) is 4.39 Å². The molecule has 1 aromatic heterocycles. The number of aromatic nitrogens is 2. The zero-order chi connectivity index (χ0) is 13.7. The summed E-state index contributed by atoms with van der Waals surface area (Å²) in [4.78, 5) is 4.21. The van der Waals surface area contributed by atoms with Crippen LogP contribution in [0.25, 0.3) is 0 Å². The maximum atomic E-state index is 12.9. The molecule has 19 heavy (non-hydrogen) atoms. The third-order valence-corrected chi connectivity index (χ3v) is 3.25. The second-order valence-corrected chi connectivity index (χ2v) is 4.70. The summed E-state index contributed by atoms with van der Waals surface area (Å²) in [6, 6.07) is 6.80. The average Bonchev–Trinajstić information content (AvgIpc) is 2.87. The molecule has 0 saturated carbocycles. The van der Waals surface area contributed by atoms with Crippen molar-refractivity contribution >= 4 is 0 Å². The van der Waals surface area contributed by atoms with Crippen LogP contribution in [0.3, 0.4) is 0 Å². The number of halogens is 1. The first-order valence-corrected chi connectivity index (χ1v) is 6.69. The summed E-state index contributed by atoms with van der Waals surface area (Å²) in [5.41, 5.74) is 2.22. The third kappa shape index (κ3) is 3.41. The van der Waals surface area contributed by atoms with Crippen molar-refractivity contribution in [1.82, 2.24) is 14.9 Å². The van der Waals surface area contributed by atoms with Crippen LogP contribution in [-0.2, 0) is 6.54 Å². The average molecular weight is 261 g/mol. The Morgan fingerprint density at radius 1 is 1.32 bits per heavy atom. The molecule has 1 unspecified atom stereocenters. The minimum Gasteiger partial charge on any atom is -0.326 e. The molecule has 3 nitrogen and oxygen atoms in total. The topological polar surface area (TPSA) is 29.9 Å². The molecule has 1 heterocycles. The molecule has 102 valence electrons. The van der Waals surface area contributed by atoms with E-state index in [-0.39, 0.29) is 11.9 Å². The van der Waals surface area contributed by atoms with Gasteiger partial charge in [0.1, 0.15) is 5.82 Å². The van der Waals surface area contributed by atoms with Gasteiger partial charge in [-0.15, -0.1) is 0 Å². The lowest BCUT2D eigenvalue weighted by atomic mass is 10.1. The second-order valence-electron chi connectivity index (χ2n) is 4.70. The summed E-state index contributed by atoms with van der Waals surface area (Å²) in [5, 5.41) is 3.37. The Morgan fingerprint density at radius 2 is 2.05 bits per heavy atom. The van der Waals surface area contributed by atoms with Gasteiger partial charge < -0.3 is 9.88 Å². The highest BCUT2D eigenvalue weighted by atomic mass is 19.1. The van der Waals surface area contributed by atoms with Gasteiger partial charge in [0.2, 0.25) is 0 Å². The molecule has 2 aromatic rings. The van der Waals surface area contributed by atoms with E-state index in [0.29, 0.717) is 0 Å². The molecule has 2 rings (SSSR count). The number of nitrogens with zero attached hydrogens (tertiary/aromatic N) is 2. The molecular weight excluding hydrogens is 241 g/mol. The lowest BCUT2D eigenvalue weighted by Gasteiger charge is -2.17.